The molecule has 4 rings (SSSR count). The molecule has 5 heteroatoms. The van der Waals surface area contributed by atoms with E-state index in [9.17, 15) is 0 Å². The number of anilines is 1. The molecule has 0 atom stereocenters. The van der Waals surface area contributed by atoms with Gasteiger partial charge in [-0.2, -0.15) is 0 Å². The second kappa shape index (κ2) is 6.99. The van der Waals surface area contributed by atoms with E-state index in [2.05, 4.69) is 69.4 Å². The van der Waals surface area contributed by atoms with Gasteiger partial charge in [0, 0.05) is 11.8 Å². The molecule has 0 spiro atoms. The summed E-state index contributed by atoms with van der Waals surface area (Å²) < 4.78 is 3.27. The quantitative estimate of drug-likeness (QED) is 0.679. The summed E-state index contributed by atoms with van der Waals surface area (Å²) in [5.74, 6) is 0.754. The Hall–Kier alpha value is -2.79. The first-order chi connectivity index (χ1) is 12.3. The van der Waals surface area contributed by atoms with Crippen molar-refractivity contribution in [2.24, 2.45) is 4.99 Å². The van der Waals surface area contributed by atoms with Gasteiger partial charge in [-0.1, -0.05) is 42.5 Å². The van der Waals surface area contributed by atoms with Crippen molar-refractivity contribution in [2.75, 3.05) is 5.32 Å². The number of guanidine groups is 1. The highest BCUT2D eigenvalue weighted by molar-refractivity contribution is 7.98. The summed E-state index contributed by atoms with van der Waals surface area (Å²) >= 11 is 1.58. The number of nitrogens with zero attached hydrogens (tertiary/aromatic N) is 2. The average Bonchev–Trinajstić information content (AvgIpc) is 2.67. The minimum absolute atomic E-state index is 0.540. The molecule has 1 aliphatic heterocycles. The van der Waals surface area contributed by atoms with Crippen LogP contribution in [0.1, 0.15) is 11.3 Å². The molecule has 0 unspecified atom stereocenters. The topological polar surface area (TPSA) is 49.3 Å². The zero-order valence-corrected chi connectivity index (χ0v) is 14.7. The van der Waals surface area contributed by atoms with Crippen molar-refractivity contribution < 1.29 is 0 Å². The number of aliphatic imine (C=N–C) groups is 1. The Morgan fingerprint density at radius 3 is 2.64 bits per heavy atom. The molecular weight excluding hydrogens is 328 g/mol. The van der Waals surface area contributed by atoms with Crippen molar-refractivity contribution in [1.29, 1.82) is 0 Å². The fourth-order valence-corrected chi connectivity index (χ4v) is 3.55. The molecule has 124 valence electrons. The van der Waals surface area contributed by atoms with Gasteiger partial charge in [-0.15, -0.1) is 0 Å². The van der Waals surface area contributed by atoms with Gasteiger partial charge in [0.1, 0.15) is 0 Å². The van der Waals surface area contributed by atoms with Gasteiger partial charge in [0.15, 0.2) is 0 Å². The monoisotopic (exact) mass is 346 g/mol. The van der Waals surface area contributed by atoms with Crippen LogP contribution in [0.5, 0.6) is 0 Å². The summed E-state index contributed by atoms with van der Waals surface area (Å²) in [4.78, 5) is 10.1. The molecule has 0 saturated heterocycles. The van der Waals surface area contributed by atoms with Crippen LogP contribution in [0, 0.1) is 6.92 Å². The van der Waals surface area contributed by atoms with Gasteiger partial charge in [0.2, 0.25) is 5.96 Å². The van der Waals surface area contributed by atoms with Crippen LogP contribution in [0.3, 0.4) is 0 Å². The summed E-state index contributed by atoms with van der Waals surface area (Å²) in [5, 5.41) is 3.45. The van der Waals surface area contributed by atoms with E-state index in [0.717, 1.165) is 22.2 Å². The van der Waals surface area contributed by atoms with E-state index in [0.29, 0.717) is 6.54 Å². The highest BCUT2D eigenvalue weighted by Gasteiger charge is 2.18. The van der Waals surface area contributed by atoms with Crippen LogP contribution in [0.2, 0.25) is 0 Å². The molecule has 0 fully saturated rings. The van der Waals surface area contributed by atoms with Gasteiger partial charge in [0.25, 0.3) is 0 Å². The summed E-state index contributed by atoms with van der Waals surface area (Å²) in [5.41, 5.74) is 5.73. The predicted molar refractivity (Wildman–Crippen MR) is 105 cm³/mol. The number of pyridine rings is 1. The van der Waals surface area contributed by atoms with Crippen molar-refractivity contribution in [3.63, 3.8) is 0 Å². The third-order valence-corrected chi connectivity index (χ3v) is 4.94. The summed E-state index contributed by atoms with van der Waals surface area (Å²) in [6.45, 7) is 2.68. The maximum absolute atomic E-state index is 4.62. The van der Waals surface area contributed by atoms with Crippen LogP contribution in [-0.2, 0) is 6.54 Å². The van der Waals surface area contributed by atoms with Crippen LogP contribution < -0.4 is 10.0 Å². The van der Waals surface area contributed by atoms with Crippen LogP contribution >= 0.6 is 11.9 Å². The lowest BCUT2D eigenvalue weighted by Gasteiger charge is -2.23. The zero-order valence-electron chi connectivity index (χ0n) is 13.9. The van der Waals surface area contributed by atoms with Gasteiger partial charge in [-0.05, 0) is 48.2 Å². The van der Waals surface area contributed by atoms with Crippen molar-refractivity contribution in [3.8, 4) is 11.1 Å². The first-order valence-electron chi connectivity index (χ1n) is 8.14. The van der Waals surface area contributed by atoms with Crippen LogP contribution in [0.25, 0.3) is 11.1 Å². The second-order valence-electron chi connectivity index (χ2n) is 5.81. The van der Waals surface area contributed by atoms with E-state index in [4.69, 9.17) is 0 Å². The molecule has 3 aromatic rings. The Morgan fingerprint density at radius 2 is 1.80 bits per heavy atom. The molecule has 1 aliphatic rings. The molecule has 2 N–H and O–H groups in total. The van der Waals surface area contributed by atoms with Gasteiger partial charge >= 0.3 is 0 Å². The standard InChI is InChI=1S/C20H18N4S/c1-14-7-2-3-9-16(14)17-10-6-11-18-19(17)23-20(24-25-18)22-13-15-8-4-5-12-21-15/h2-12H,13H2,1H3,(H2,22,23,24). The zero-order chi connectivity index (χ0) is 17.1. The van der Waals surface area contributed by atoms with E-state index in [1.807, 2.05) is 18.2 Å². The predicted octanol–water partition coefficient (Wildman–Crippen LogP) is 4.64. The molecular formula is C20H18N4S. The van der Waals surface area contributed by atoms with Crippen LogP contribution in [0.15, 0.2) is 76.7 Å². The molecule has 0 aliphatic carbocycles. The largest absolute Gasteiger partial charge is 0.324 e. The minimum atomic E-state index is 0.540. The maximum atomic E-state index is 4.62. The second-order valence-corrected chi connectivity index (χ2v) is 6.66. The van der Waals surface area contributed by atoms with Crippen LogP contribution in [0.4, 0.5) is 5.69 Å². The number of rotatable bonds is 3. The third kappa shape index (κ3) is 3.37. The SMILES string of the molecule is Cc1ccccc1-c1cccc2c1NC(=NCc1ccccn1)NS2. The molecule has 0 amide bonds. The Balaban J connectivity index is 1.65. The fraction of sp³-hybridized carbons (Fsp3) is 0.100. The maximum Gasteiger partial charge on any atom is 0.206 e. The van der Waals surface area contributed by atoms with Crippen LogP contribution in [-0.4, -0.2) is 10.9 Å². The number of nitrogens with one attached hydrogen (secondary N) is 2. The van der Waals surface area contributed by atoms with Gasteiger partial charge in [0.05, 0.1) is 22.8 Å². The Kier molecular flexibility index (Phi) is 4.39. The molecule has 0 saturated carbocycles. The lowest BCUT2D eigenvalue weighted by molar-refractivity contribution is 0.980. The summed E-state index contributed by atoms with van der Waals surface area (Å²) in [7, 11) is 0. The lowest BCUT2D eigenvalue weighted by Crippen LogP contribution is -2.29. The fourth-order valence-electron chi connectivity index (χ4n) is 2.82. The van der Waals surface area contributed by atoms with Gasteiger partial charge in [-0.3, -0.25) is 9.71 Å². The van der Waals surface area contributed by atoms with Crippen molar-refractivity contribution >= 4 is 23.6 Å². The normalized spacial score (nSPS) is 14.5. The summed E-state index contributed by atoms with van der Waals surface area (Å²) in [6.07, 6.45) is 1.79. The van der Waals surface area contributed by atoms with Crippen molar-refractivity contribution in [3.05, 3.63) is 78.1 Å². The molecule has 0 bridgehead atoms. The number of hydrogen-bond acceptors (Lipinski definition) is 3. The number of benzene rings is 2. The van der Waals surface area contributed by atoms with E-state index < -0.39 is 0 Å². The molecule has 2 aromatic carbocycles. The minimum Gasteiger partial charge on any atom is -0.324 e. The van der Waals surface area contributed by atoms with Gasteiger partial charge < -0.3 is 5.32 Å². The molecule has 0 radical (unpaired) electrons. The third-order valence-electron chi connectivity index (χ3n) is 4.09. The van der Waals surface area contributed by atoms with E-state index in [-0.39, 0.29) is 0 Å². The molecule has 4 nitrogen and oxygen atoms in total. The number of aromatic nitrogens is 1. The molecule has 2 heterocycles. The number of hydrogen-bond donors (Lipinski definition) is 2. The number of fused-ring (bicyclic) bond motifs is 1. The number of para-hydroxylation sites is 1. The highest BCUT2D eigenvalue weighted by atomic mass is 32.2. The summed E-state index contributed by atoms with van der Waals surface area (Å²) in [6, 6.07) is 20.7. The number of aryl methyl sites for hydroxylation is 1. The Morgan fingerprint density at radius 1 is 0.960 bits per heavy atom. The van der Waals surface area contributed by atoms with E-state index in [1.165, 1.54) is 16.7 Å². The van der Waals surface area contributed by atoms with E-state index >= 15 is 0 Å². The Bertz CT molecular complexity index is 922. The Labute approximate surface area is 151 Å². The molecule has 25 heavy (non-hydrogen) atoms. The van der Waals surface area contributed by atoms with Crippen molar-refractivity contribution in [1.82, 2.24) is 9.71 Å². The first-order valence-corrected chi connectivity index (χ1v) is 8.96. The van der Waals surface area contributed by atoms with Gasteiger partial charge in [-0.25, -0.2) is 4.99 Å². The average molecular weight is 346 g/mol. The lowest BCUT2D eigenvalue weighted by atomic mass is 9.99. The van der Waals surface area contributed by atoms with E-state index in [1.54, 1.807) is 18.1 Å². The van der Waals surface area contributed by atoms with Crippen molar-refractivity contribution in [2.45, 2.75) is 18.4 Å². The molecule has 1 aromatic heterocycles. The first kappa shape index (κ1) is 15.7. The smallest absolute Gasteiger partial charge is 0.206 e. The highest BCUT2D eigenvalue weighted by Crippen LogP contribution is 2.38.